The molecule has 93 heavy (non-hydrogen) atoms. The summed E-state index contributed by atoms with van der Waals surface area (Å²) in [5, 5.41) is 12.0. The molecule has 2 saturated heterocycles. The molecule has 474 valence electrons. The Morgan fingerprint density at radius 3 is 1.33 bits per heavy atom. The topological polar surface area (TPSA) is 327 Å². The number of benzene rings is 7. The number of nitrogens with zero attached hydrogens (tertiary/aromatic N) is 10. The van der Waals surface area contributed by atoms with Crippen LogP contribution in [0.2, 0.25) is 0 Å². The second-order valence-corrected chi connectivity index (χ2v) is 22.1. The number of esters is 3. The number of carbonyl (C=O) groups is 5. The zero-order chi connectivity index (χ0) is 64.5. The average Bonchev–Trinajstić information content (AvgIpc) is 1.69. The van der Waals surface area contributed by atoms with Crippen molar-refractivity contribution in [2.45, 2.75) is 118 Å². The molecule has 0 radical (unpaired) electrons. The summed E-state index contributed by atoms with van der Waals surface area (Å²) < 4.78 is 66.7. The van der Waals surface area contributed by atoms with Gasteiger partial charge in [0.15, 0.2) is 30.9 Å². The van der Waals surface area contributed by atoms with Gasteiger partial charge in [-0.15, -0.1) is 0 Å². The summed E-state index contributed by atoms with van der Waals surface area (Å²) in [7, 11) is 0. The van der Waals surface area contributed by atoms with Crippen LogP contribution in [-0.4, -0.2) is 133 Å². The maximum atomic E-state index is 15.0. The minimum absolute atomic E-state index is 0.0220. The number of hydrogen-bond donors (Lipinski definition) is 0. The van der Waals surface area contributed by atoms with E-state index in [1.807, 2.05) is 91.0 Å². The summed E-state index contributed by atoms with van der Waals surface area (Å²) in [6, 6.07) is 53.8. The van der Waals surface area contributed by atoms with E-state index in [0.717, 1.165) is 21.6 Å². The number of hydrogen-bond acceptors (Lipinski definition) is 18. The molecule has 7 aromatic rings. The van der Waals surface area contributed by atoms with E-state index in [9.17, 15) is 31.0 Å². The van der Waals surface area contributed by atoms with Gasteiger partial charge in [-0.2, -0.15) is 0 Å². The largest absolute Gasteiger partial charge is 0.452 e. The van der Waals surface area contributed by atoms with E-state index in [-0.39, 0.29) is 67.1 Å². The molecule has 14 atom stereocenters. The molecule has 0 bridgehead atoms. The van der Waals surface area contributed by atoms with Crippen molar-refractivity contribution in [1.29, 1.82) is 0 Å². The first-order valence-electron chi connectivity index (χ1n) is 30.0. The minimum atomic E-state index is -1.86. The Labute approximate surface area is 532 Å². The molecule has 0 spiro atoms. The highest BCUT2D eigenvalue weighted by molar-refractivity contribution is 6.21. The summed E-state index contributed by atoms with van der Waals surface area (Å²) in [5.74, 6) is -4.22. The van der Waals surface area contributed by atoms with Gasteiger partial charge in [-0.05, 0) is 88.2 Å². The van der Waals surface area contributed by atoms with Gasteiger partial charge in [0.25, 0.3) is 11.8 Å². The van der Waals surface area contributed by atoms with Gasteiger partial charge < -0.3 is 47.4 Å². The van der Waals surface area contributed by atoms with Crippen molar-refractivity contribution in [3.63, 3.8) is 0 Å². The molecule has 1 saturated carbocycles. The molecule has 0 N–H and O–H groups in total. The van der Waals surface area contributed by atoms with Gasteiger partial charge in [0.1, 0.15) is 30.5 Å². The van der Waals surface area contributed by atoms with Crippen molar-refractivity contribution in [3.8, 4) is 0 Å². The maximum Gasteiger partial charge on any atom is 0.338 e. The third-order valence-electron chi connectivity index (χ3n) is 16.2. The molecular weight excluding hydrogens is 1200 g/mol. The van der Waals surface area contributed by atoms with Crippen molar-refractivity contribution in [2.75, 3.05) is 13.2 Å². The molecule has 2 amide bonds. The molecule has 25 heteroatoms. The predicted octanol–water partition coefficient (Wildman–Crippen LogP) is 11.4. The number of carbonyl (C=O) groups excluding carboxylic acids is 5. The van der Waals surface area contributed by atoms with Gasteiger partial charge in [-0.3, -0.25) is 14.5 Å². The van der Waals surface area contributed by atoms with E-state index in [1.165, 1.54) is 48.5 Å². The van der Waals surface area contributed by atoms with Crippen LogP contribution in [0.3, 0.4) is 0 Å². The highest BCUT2D eigenvalue weighted by Gasteiger charge is 2.58. The molecule has 3 heterocycles. The van der Waals surface area contributed by atoms with Crippen LogP contribution in [0.4, 0.5) is 0 Å². The number of amides is 2. The quantitative estimate of drug-likeness (QED) is 0.0128. The lowest BCUT2D eigenvalue weighted by Gasteiger charge is -2.50. The van der Waals surface area contributed by atoms with Crippen LogP contribution < -0.4 is 0 Å². The van der Waals surface area contributed by atoms with Crippen molar-refractivity contribution in [2.24, 2.45) is 15.3 Å². The van der Waals surface area contributed by atoms with Crippen LogP contribution in [0, 0.1) is 0 Å². The fourth-order valence-electron chi connectivity index (χ4n) is 11.7. The number of ether oxygens (including phenoxy) is 10. The van der Waals surface area contributed by atoms with Crippen molar-refractivity contribution in [1.82, 2.24) is 4.90 Å². The van der Waals surface area contributed by atoms with Gasteiger partial charge >= 0.3 is 17.9 Å². The molecule has 4 aliphatic rings. The molecule has 7 aromatic carbocycles. The number of imide groups is 1. The highest BCUT2D eigenvalue weighted by Crippen LogP contribution is 2.41. The fraction of sp³-hybridized carbons (Fsp3) is 0.309. The number of fused-ring (bicyclic) bond motifs is 1. The Balaban J connectivity index is 0.998. The van der Waals surface area contributed by atoms with E-state index in [4.69, 9.17) is 47.4 Å². The molecule has 25 nitrogen and oxygen atoms in total. The molecule has 3 aliphatic heterocycles. The first-order chi connectivity index (χ1) is 45.6. The van der Waals surface area contributed by atoms with Crippen LogP contribution in [0.5, 0.6) is 0 Å². The summed E-state index contributed by atoms with van der Waals surface area (Å²) in [6.45, 7) is -0.627. The summed E-state index contributed by atoms with van der Waals surface area (Å²) in [6.07, 6.45) is -17.2. The smallest absolute Gasteiger partial charge is 0.338 e. The van der Waals surface area contributed by atoms with Crippen LogP contribution in [-0.2, 0) is 67.2 Å². The van der Waals surface area contributed by atoms with Crippen LogP contribution >= 0.6 is 0 Å². The molecule has 3 fully saturated rings. The normalized spacial score (nSPS) is 25.6. The van der Waals surface area contributed by atoms with Gasteiger partial charge in [0, 0.05) is 21.2 Å². The van der Waals surface area contributed by atoms with E-state index in [2.05, 4.69) is 30.1 Å². The Morgan fingerprint density at radius 1 is 0.452 bits per heavy atom. The summed E-state index contributed by atoms with van der Waals surface area (Å²) in [4.78, 5) is 83.3. The lowest BCUT2D eigenvalue weighted by Crippen LogP contribution is -2.68. The standard InChI is InChI=1S/C68H62N10O15/c69-75-72-37-54-58(91-64(81)45-27-13-4-14-28-45)60(92-65(82)46-29-15-5-16-30-46)61(93-66(83)47-31-17-6-18-32-47)68(89-54)88-53-36-52(50(73-76-70)35-51(53)74-77-71)87-67-56(78-62(79)48-33-19-20-34-49(48)63(78)80)59(86-40-44-25-11-3-12-26-44)57(85-39-43-23-9-2-10-24-43)55(90-67)41-84-38-42-21-7-1-8-22-42/h1-34,50-61,67-68H,35-41H2/t50-,51-,52-,53-,54-,55-,56-,57-,58-,59-,60+,61-,67-,68-/m1/s1. The van der Waals surface area contributed by atoms with E-state index in [0.29, 0.717) is 0 Å². The second kappa shape index (κ2) is 31.2. The highest BCUT2D eigenvalue weighted by atomic mass is 16.7. The van der Waals surface area contributed by atoms with Gasteiger partial charge in [-0.1, -0.05) is 173 Å². The van der Waals surface area contributed by atoms with Gasteiger partial charge in [-0.25, -0.2) is 14.4 Å². The van der Waals surface area contributed by atoms with E-state index in [1.54, 1.807) is 66.7 Å². The molecule has 1 aliphatic carbocycles. The molecule has 11 rings (SSSR count). The van der Waals surface area contributed by atoms with Crippen molar-refractivity contribution >= 4 is 29.7 Å². The van der Waals surface area contributed by atoms with Crippen LogP contribution in [0.25, 0.3) is 31.3 Å². The van der Waals surface area contributed by atoms with Crippen LogP contribution in [0.1, 0.15) is 81.3 Å². The number of azide groups is 3. The predicted molar refractivity (Wildman–Crippen MR) is 330 cm³/mol. The van der Waals surface area contributed by atoms with Crippen molar-refractivity contribution < 1.29 is 71.3 Å². The van der Waals surface area contributed by atoms with E-state index >= 15 is 9.59 Å². The minimum Gasteiger partial charge on any atom is -0.452 e. The van der Waals surface area contributed by atoms with Gasteiger partial charge in [0.05, 0.1) is 85.1 Å². The second-order valence-electron chi connectivity index (χ2n) is 22.1. The maximum absolute atomic E-state index is 15.0. The van der Waals surface area contributed by atoms with Crippen molar-refractivity contribution in [3.05, 3.63) is 282 Å². The molecule has 0 aromatic heterocycles. The molecule has 0 unspecified atom stereocenters. The zero-order valence-corrected chi connectivity index (χ0v) is 49.8. The Morgan fingerprint density at radius 2 is 0.860 bits per heavy atom. The third-order valence-corrected chi connectivity index (χ3v) is 16.2. The summed E-state index contributed by atoms with van der Waals surface area (Å²) >= 11 is 0. The van der Waals surface area contributed by atoms with E-state index < -0.39 is 122 Å². The third kappa shape index (κ3) is 15.6. The first kappa shape index (κ1) is 64.3. The Bertz CT molecular complexity index is 3820. The Hall–Kier alpha value is -10.3. The lowest BCUT2D eigenvalue weighted by molar-refractivity contribution is -0.322. The number of rotatable bonds is 25. The monoisotopic (exact) mass is 1260 g/mol. The average molecular weight is 1260 g/mol. The summed E-state index contributed by atoms with van der Waals surface area (Å²) in [5.41, 5.74) is 33.0. The Kier molecular flexibility index (Phi) is 21.5. The van der Waals surface area contributed by atoms with Crippen LogP contribution in [0.15, 0.2) is 222 Å². The molecular formula is C68H62N10O15. The SMILES string of the molecule is [N-]=[N+]=NC[C@H]1O[C@@H](O[C@@H]2C[C@@H](O[C@@H]3O[C@H](COCc4ccccc4)[C@@H](OCc4ccccc4)[C@H](OCc4ccccc4)[C@H]3N3C(=O)c4ccccc4C3=O)[C@H](N=[N+]=[N-])C[C@H]2N=[N+]=[N-])[C@H](OC(=O)c2ccccc2)[C@@H](OC(=O)c2ccccc2)[C@@H]1OC(=O)c1ccccc1. The zero-order valence-electron chi connectivity index (χ0n) is 49.8. The first-order valence-corrected chi connectivity index (χ1v) is 30.0. The lowest BCUT2D eigenvalue weighted by atomic mass is 9.86. The van der Waals surface area contributed by atoms with Gasteiger partial charge in [0.2, 0.25) is 0 Å². The fourth-order valence-corrected chi connectivity index (χ4v) is 11.7.